The van der Waals surface area contributed by atoms with Gasteiger partial charge in [-0.05, 0) is 51.0 Å². The molecule has 1 aromatic carbocycles. The second-order valence-electron chi connectivity index (χ2n) is 8.67. The van der Waals surface area contributed by atoms with E-state index in [2.05, 4.69) is 58.9 Å². The van der Waals surface area contributed by atoms with Crippen LogP contribution >= 0.6 is 24.0 Å². The average molecular weight is 555 g/mol. The highest BCUT2D eigenvalue weighted by Crippen LogP contribution is 2.40. The van der Waals surface area contributed by atoms with Crippen LogP contribution in [0.4, 0.5) is 0 Å². The maximum atomic E-state index is 5.68. The normalized spacial score (nSPS) is 16.4. The average Bonchev–Trinajstić information content (AvgIpc) is 3.38. The van der Waals surface area contributed by atoms with Crippen LogP contribution in [0.5, 0.6) is 0 Å². The van der Waals surface area contributed by atoms with Gasteiger partial charge in [0.25, 0.3) is 0 Å². The SMILES string of the molecule is CCOCCC1(CNC(=NCc2nnc(C)n2C)NC(C)c2ccccc2)CCCC1.I. The Morgan fingerprint density at radius 2 is 1.94 bits per heavy atom. The summed E-state index contributed by atoms with van der Waals surface area (Å²) in [6.45, 7) is 9.19. The van der Waals surface area contributed by atoms with E-state index >= 15 is 0 Å². The predicted molar refractivity (Wildman–Crippen MR) is 140 cm³/mol. The molecule has 3 rings (SSSR count). The topological polar surface area (TPSA) is 76.4 Å². The van der Waals surface area contributed by atoms with Crippen molar-refractivity contribution in [2.24, 2.45) is 17.5 Å². The van der Waals surface area contributed by atoms with E-state index in [1.165, 1.54) is 31.2 Å². The van der Waals surface area contributed by atoms with Gasteiger partial charge in [-0.3, -0.25) is 0 Å². The van der Waals surface area contributed by atoms with Crippen molar-refractivity contribution in [2.45, 2.75) is 65.5 Å². The van der Waals surface area contributed by atoms with E-state index < -0.39 is 0 Å². The number of rotatable bonds is 10. The van der Waals surface area contributed by atoms with Crippen molar-refractivity contribution in [3.8, 4) is 0 Å². The van der Waals surface area contributed by atoms with Crippen LogP contribution in [0.1, 0.15) is 69.2 Å². The first kappa shape index (κ1) is 26.6. The zero-order valence-electron chi connectivity index (χ0n) is 19.9. The van der Waals surface area contributed by atoms with E-state index in [-0.39, 0.29) is 35.4 Å². The minimum absolute atomic E-state index is 0. The molecule has 1 aliphatic rings. The van der Waals surface area contributed by atoms with Crippen LogP contribution in [0.2, 0.25) is 0 Å². The number of nitrogens with one attached hydrogen (secondary N) is 2. The first-order valence-electron chi connectivity index (χ1n) is 11.6. The summed E-state index contributed by atoms with van der Waals surface area (Å²) >= 11 is 0. The smallest absolute Gasteiger partial charge is 0.192 e. The molecule has 1 atom stereocenters. The number of nitrogens with zero attached hydrogens (tertiary/aromatic N) is 4. The summed E-state index contributed by atoms with van der Waals surface area (Å²) in [4.78, 5) is 4.86. The van der Waals surface area contributed by atoms with Crippen LogP contribution in [0.15, 0.2) is 35.3 Å². The third-order valence-corrected chi connectivity index (χ3v) is 6.49. The number of ether oxygens (including phenoxy) is 1. The molecular formula is C24H39IN6O. The molecule has 32 heavy (non-hydrogen) atoms. The Morgan fingerprint density at radius 3 is 2.56 bits per heavy atom. The third kappa shape index (κ3) is 7.43. The van der Waals surface area contributed by atoms with Gasteiger partial charge in [0.1, 0.15) is 12.4 Å². The van der Waals surface area contributed by atoms with E-state index in [4.69, 9.17) is 9.73 Å². The van der Waals surface area contributed by atoms with Crippen molar-refractivity contribution < 1.29 is 4.74 Å². The second-order valence-corrected chi connectivity index (χ2v) is 8.67. The predicted octanol–water partition coefficient (Wildman–Crippen LogP) is 4.52. The van der Waals surface area contributed by atoms with Gasteiger partial charge in [-0.1, -0.05) is 43.2 Å². The molecule has 1 fully saturated rings. The lowest BCUT2D eigenvalue weighted by Gasteiger charge is -2.30. The summed E-state index contributed by atoms with van der Waals surface area (Å²) in [5.41, 5.74) is 1.52. The second kappa shape index (κ2) is 13.1. The van der Waals surface area contributed by atoms with Crippen LogP contribution in [0.3, 0.4) is 0 Å². The molecule has 1 aromatic heterocycles. The zero-order valence-corrected chi connectivity index (χ0v) is 22.3. The van der Waals surface area contributed by atoms with Gasteiger partial charge in [0, 0.05) is 26.8 Å². The number of benzene rings is 1. The standard InChI is InChI=1S/C24H38N6O.HI/c1-5-31-16-15-24(13-9-10-14-24)18-26-23(25-17-22-29-28-20(3)30(22)4)27-19(2)21-11-7-6-8-12-21;/h6-8,11-12,19H,5,9-10,13-18H2,1-4H3,(H2,25,26,27);1H. The van der Waals surface area contributed by atoms with E-state index in [9.17, 15) is 0 Å². The molecule has 0 radical (unpaired) electrons. The summed E-state index contributed by atoms with van der Waals surface area (Å²) in [6.07, 6.45) is 6.19. The molecule has 1 heterocycles. The van der Waals surface area contributed by atoms with Gasteiger partial charge in [-0.25, -0.2) is 4.99 Å². The van der Waals surface area contributed by atoms with Crippen molar-refractivity contribution >= 4 is 29.9 Å². The highest BCUT2D eigenvalue weighted by Gasteiger charge is 2.33. The zero-order chi connectivity index (χ0) is 22.1. The molecular weight excluding hydrogens is 515 g/mol. The maximum absolute atomic E-state index is 5.68. The lowest BCUT2D eigenvalue weighted by Crippen LogP contribution is -2.44. The van der Waals surface area contributed by atoms with Crippen LogP contribution < -0.4 is 10.6 Å². The number of aliphatic imine (C=N–C) groups is 1. The number of halogens is 1. The number of hydrogen-bond donors (Lipinski definition) is 2. The summed E-state index contributed by atoms with van der Waals surface area (Å²) in [7, 11) is 1.98. The number of aryl methyl sites for hydroxylation is 1. The monoisotopic (exact) mass is 554 g/mol. The Kier molecular flexibility index (Phi) is 10.9. The van der Waals surface area contributed by atoms with Crippen molar-refractivity contribution in [2.75, 3.05) is 19.8 Å². The molecule has 1 saturated carbocycles. The number of hydrogen-bond acceptors (Lipinski definition) is 4. The third-order valence-electron chi connectivity index (χ3n) is 6.49. The number of guanidine groups is 1. The van der Waals surface area contributed by atoms with E-state index in [0.717, 1.165) is 43.8 Å². The lowest BCUT2D eigenvalue weighted by molar-refractivity contribution is 0.105. The number of aromatic nitrogens is 3. The van der Waals surface area contributed by atoms with Gasteiger partial charge >= 0.3 is 0 Å². The van der Waals surface area contributed by atoms with Gasteiger partial charge < -0.3 is 19.9 Å². The molecule has 7 nitrogen and oxygen atoms in total. The molecule has 0 bridgehead atoms. The Morgan fingerprint density at radius 1 is 1.22 bits per heavy atom. The Hall–Kier alpha value is -1.68. The molecule has 2 N–H and O–H groups in total. The Bertz CT molecular complexity index is 832. The van der Waals surface area contributed by atoms with Crippen LogP contribution in [0, 0.1) is 12.3 Å². The fraction of sp³-hybridized carbons (Fsp3) is 0.625. The Labute approximate surface area is 209 Å². The Balaban J connectivity index is 0.00000363. The molecule has 0 saturated heterocycles. The lowest BCUT2D eigenvalue weighted by atomic mass is 9.83. The molecule has 2 aromatic rings. The molecule has 0 aliphatic heterocycles. The van der Waals surface area contributed by atoms with Gasteiger partial charge in [0.05, 0.1) is 6.04 Å². The van der Waals surface area contributed by atoms with Gasteiger partial charge in [0.15, 0.2) is 11.8 Å². The molecule has 178 valence electrons. The van der Waals surface area contributed by atoms with Gasteiger partial charge in [-0.15, -0.1) is 34.2 Å². The van der Waals surface area contributed by atoms with E-state index in [1.807, 2.05) is 24.6 Å². The summed E-state index contributed by atoms with van der Waals surface area (Å²) in [5.74, 6) is 2.57. The maximum Gasteiger partial charge on any atom is 0.192 e. The molecule has 1 unspecified atom stereocenters. The quantitative estimate of drug-likeness (QED) is 0.196. The minimum Gasteiger partial charge on any atom is -0.382 e. The molecule has 0 spiro atoms. The summed E-state index contributed by atoms with van der Waals surface area (Å²) in [6, 6.07) is 10.6. The first-order valence-corrected chi connectivity index (χ1v) is 11.6. The first-order chi connectivity index (χ1) is 15.0. The molecule has 1 aliphatic carbocycles. The van der Waals surface area contributed by atoms with Gasteiger partial charge in [-0.2, -0.15) is 0 Å². The molecule has 0 amide bonds. The summed E-state index contributed by atoms with van der Waals surface area (Å²) in [5, 5.41) is 15.7. The van der Waals surface area contributed by atoms with E-state index in [0.29, 0.717) is 6.54 Å². The van der Waals surface area contributed by atoms with E-state index in [1.54, 1.807) is 0 Å². The fourth-order valence-corrected chi connectivity index (χ4v) is 4.27. The van der Waals surface area contributed by atoms with Gasteiger partial charge in [0.2, 0.25) is 0 Å². The van der Waals surface area contributed by atoms with Crippen molar-refractivity contribution in [1.82, 2.24) is 25.4 Å². The minimum atomic E-state index is 0. The molecule has 8 heteroatoms. The highest BCUT2D eigenvalue weighted by molar-refractivity contribution is 14.0. The highest BCUT2D eigenvalue weighted by atomic mass is 127. The van der Waals surface area contributed by atoms with Crippen molar-refractivity contribution in [1.29, 1.82) is 0 Å². The van der Waals surface area contributed by atoms with Crippen molar-refractivity contribution in [3.63, 3.8) is 0 Å². The van der Waals surface area contributed by atoms with Crippen LogP contribution in [0.25, 0.3) is 0 Å². The van der Waals surface area contributed by atoms with Crippen LogP contribution in [-0.4, -0.2) is 40.5 Å². The van der Waals surface area contributed by atoms with Crippen LogP contribution in [-0.2, 0) is 18.3 Å². The fourth-order valence-electron chi connectivity index (χ4n) is 4.27. The summed E-state index contributed by atoms with van der Waals surface area (Å²) < 4.78 is 7.67. The van der Waals surface area contributed by atoms with Crippen molar-refractivity contribution in [3.05, 3.63) is 47.5 Å². The largest absolute Gasteiger partial charge is 0.382 e.